The van der Waals surface area contributed by atoms with Crippen LogP contribution in [0.2, 0.25) is 0 Å². The fourth-order valence-corrected chi connectivity index (χ4v) is 8.58. The molecule has 3 heterocycles. The van der Waals surface area contributed by atoms with Gasteiger partial charge >= 0.3 is 31.5 Å². The summed E-state index contributed by atoms with van der Waals surface area (Å²) in [6, 6.07) is 0. The van der Waals surface area contributed by atoms with Gasteiger partial charge in [-0.05, 0) is 0 Å². The smallest absolute Gasteiger partial charge is 0.481 e. The zero-order chi connectivity index (χ0) is 42.9. The Bertz CT molecular complexity index is 1900. The highest BCUT2D eigenvalue weighted by Gasteiger charge is 2.50. The van der Waals surface area contributed by atoms with E-state index in [1.807, 2.05) is 0 Å². The lowest BCUT2D eigenvalue weighted by Crippen LogP contribution is -2.46. The number of nitrogens with two attached hydrogens (primary N) is 1. The van der Waals surface area contributed by atoms with E-state index >= 15 is 0 Å². The molecule has 32 heteroatoms. The predicted octanol–water partition coefficient (Wildman–Crippen LogP) is -2.13. The van der Waals surface area contributed by atoms with Crippen molar-refractivity contribution in [2.75, 3.05) is 37.8 Å². The van der Waals surface area contributed by atoms with Crippen LogP contribution in [0.25, 0.3) is 11.2 Å². The first-order chi connectivity index (χ1) is 26.3. The number of nitrogens with one attached hydrogen (secondary N) is 2. The average molecular weight is 916 g/mol. The van der Waals surface area contributed by atoms with Gasteiger partial charge in [-0.15, -0.1) is 0 Å². The second-order valence-electron chi connectivity index (χ2n) is 12.6. The molecule has 0 aliphatic carbocycles. The second kappa shape index (κ2) is 20.7. The van der Waals surface area contributed by atoms with Crippen molar-refractivity contribution in [2.24, 2.45) is 5.41 Å². The molecule has 0 aromatic carbocycles. The molecule has 1 aliphatic heterocycles. The van der Waals surface area contributed by atoms with Gasteiger partial charge in [-0.3, -0.25) is 32.5 Å². The van der Waals surface area contributed by atoms with Crippen molar-refractivity contribution in [1.82, 2.24) is 30.2 Å². The highest BCUT2D eigenvalue weighted by Crippen LogP contribution is 2.61. The number of nitrogens with zero attached hydrogens (tertiary/aromatic N) is 4. The molecule has 0 radical (unpaired) electrons. The first kappa shape index (κ1) is 48.9. The molecule has 0 spiro atoms. The number of thioether (sulfide) groups is 1. The van der Waals surface area contributed by atoms with Crippen LogP contribution in [0.1, 0.15) is 39.3 Å². The van der Waals surface area contributed by atoms with Crippen LogP contribution in [0, 0.1) is 5.41 Å². The molecule has 1 saturated heterocycles. The number of carbonyl (C=O) groups is 3. The maximum absolute atomic E-state index is 12.7. The molecule has 1 fully saturated rings. The number of imidazole rings is 1. The van der Waals surface area contributed by atoms with Crippen LogP contribution >= 0.6 is 43.3 Å². The lowest BCUT2D eigenvalue weighted by Gasteiger charge is -2.30. The van der Waals surface area contributed by atoms with Gasteiger partial charge in [0, 0.05) is 43.5 Å². The topological polar surface area (TPSA) is 424 Å². The number of aliphatic hydroxyl groups excluding tert-OH is 3. The normalized spacial score (nSPS) is 22.3. The molecule has 57 heavy (non-hydrogen) atoms. The molecular weight excluding hydrogens is 874 g/mol. The molecule has 2 aromatic heterocycles. The molecule has 11 N–H and O–H groups in total. The quantitative estimate of drug-likeness (QED) is 0.0420. The first-order valence-corrected chi connectivity index (χ1v) is 22.9. The highest BCUT2D eigenvalue weighted by atomic mass is 32.2. The Morgan fingerprint density at radius 3 is 2.39 bits per heavy atom. The van der Waals surface area contributed by atoms with Crippen LogP contribution in [0.3, 0.4) is 0 Å². The summed E-state index contributed by atoms with van der Waals surface area (Å²) in [5.41, 5.74) is 4.17. The van der Waals surface area contributed by atoms with Gasteiger partial charge in [0.25, 0.3) is 0 Å². The minimum absolute atomic E-state index is 0.0150. The molecule has 1 aliphatic rings. The first-order valence-electron chi connectivity index (χ1n) is 16.2. The molecule has 5 unspecified atom stereocenters. The van der Waals surface area contributed by atoms with Crippen molar-refractivity contribution in [3.8, 4) is 0 Å². The SMILES string of the molecule is CC(C)(COP(=O)(O)OP(=O)(O)OC[C@H]1O[C@@H](n2cnc3c(N)ncnc32)[C@H](O)[C@@H]1OP(=O)(O)O)C(O)C(=O)NCCC(=O)NCCSC(=O)CCC(O)[P+](=O)[O-]. The number of fused-ring (bicyclic) bond motifs is 1. The zero-order valence-electron chi connectivity index (χ0n) is 29.8. The van der Waals surface area contributed by atoms with Crippen LogP contribution in [0.5, 0.6) is 0 Å². The zero-order valence-corrected chi connectivity index (χ0v) is 34.2. The van der Waals surface area contributed by atoms with Gasteiger partial charge in [0.2, 0.25) is 17.7 Å². The lowest BCUT2D eigenvalue weighted by atomic mass is 9.87. The standard InChI is InChI=1S/C25H41N7O20P4S/c1-25(2,20(37)23(38)28-6-5-14(33)27-7-8-57-16(35)4-3-15(34)53(39)40)10-49-56(46,47)52-55(44,45)48-9-13-19(51-54(41,42)43)18(36)24(50-13)32-12-31-17-21(26)29-11-30-22(17)32/h11-13,15,18-20,24,34,36-37H,3-10H2,1-2H3,(H,27,33)(H,28,38)(H,44,45)(H,46,47)(H2,26,29,30)(H2,41,42,43)/t13-,15?,18-,19-,20?,24-/m1/s1. The van der Waals surface area contributed by atoms with E-state index in [0.717, 1.165) is 29.0 Å². The Morgan fingerprint density at radius 2 is 1.74 bits per heavy atom. The molecule has 3 rings (SSSR count). The summed E-state index contributed by atoms with van der Waals surface area (Å²) in [5, 5.41) is 34.9. The Morgan fingerprint density at radius 1 is 1.07 bits per heavy atom. The Balaban J connectivity index is 1.47. The van der Waals surface area contributed by atoms with E-state index in [4.69, 9.17) is 19.5 Å². The summed E-state index contributed by atoms with van der Waals surface area (Å²) in [4.78, 5) is 97.7. The maximum Gasteiger partial charge on any atom is 0.481 e. The maximum atomic E-state index is 12.7. The van der Waals surface area contributed by atoms with Crippen molar-refractivity contribution in [2.45, 2.75) is 69.6 Å². The third kappa shape index (κ3) is 15.3. The molecule has 9 atom stereocenters. The van der Waals surface area contributed by atoms with Crippen molar-refractivity contribution in [3.63, 3.8) is 0 Å². The van der Waals surface area contributed by atoms with E-state index in [1.165, 1.54) is 13.8 Å². The molecule has 2 amide bonds. The number of carbonyl (C=O) groups excluding carboxylic acids is 3. The van der Waals surface area contributed by atoms with Crippen molar-refractivity contribution in [1.29, 1.82) is 0 Å². The number of anilines is 1. The molecule has 322 valence electrons. The Labute approximate surface area is 327 Å². The van der Waals surface area contributed by atoms with Gasteiger partial charge in [-0.25, -0.2) is 28.6 Å². The number of rotatable bonds is 23. The Hall–Kier alpha value is -2.42. The summed E-state index contributed by atoms with van der Waals surface area (Å²) in [5.74, 6) is -3.11. The number of hydrogen-bond acceptors (Lipinski definition) is 21. The van der Waals surface area contributed by atoms with Crippen molar-refractivity contribution < 1.29 is 95.0 Å². The van der Waals surface area contributed by atoms with Crippen LogP contribution in [0.4, 0.5) is 5.82 Å². The van der Waals surface area contributed by atoms with Gasteiger partial charge in [-0.1, -0.05) is 30.2 Å². The van der Waals surface area contributed by atoms with Gasteiger partial charge < -0.3 is 60.9 Å². The summed E-state index contributed by atoms with van der Waals surface area (Å²) in [7, 11) is -19.5. The Kier molecular flexibility index (Phi) is 17.8. The number of aromatic nitrogens is 4. The third-order valence-corrected chi connectivity index (χ3v) is 12.4. The third-order valence-electron chi connectivity index (χ3n) is 7.61. The largest absolute Gasteiger partial charge is 0.593 e. The van der Waals surface area contributed by atoms with Gasteiger partial charge in [0.15, 0.2) is 22.8 Å². The predicted molar refractivity (Wildman–Crippen MR) is 190 cm³/mol. The minimum Gasteiger partial charge on any atom is -0.593 e. The van der Waals surface area contributed by atoms with Crippen LogP contribution in [-0.2, 0) is 55.3 Å². The number of hydrogen-bond donors (Lipinski definition) is 10. The summed E-state index contributed by atoms with van der Waals surface area (Å²) < 4.78 is 72.5. The molecule has 0 saturated carbocycles. The van der Waals surface area contributed by atoms with Gasteiger partial charge in [0.1, 0.15) is 36.3 Å². The van der Waals surface area contributed by atoms with E-state index in [1.54, 1.807) is 0 Å². The summed E-state index contributed by atoms with van der Waals surface area (Å²) >= 11 is 0.816. The number of phosphoric ester groups is 3. The second-order valence-corrected chi connectivity index (χ2v) is 19.1. The lowest BCUT2D eigenvalue weighted by molar-refractivity contribution is -0.172. The molecule has 27 nitrogen and oxygen atoms in total. The fraction of sp³-hybridized carbons (Fsp3) is 0.680. The van der Waals surface area contributed by atoms with E-state index in [-0.39, 0.29) is 55.1 Å². The van der Waals surface area contributed by atoms with E-state index in [0.29, 0.717) is 0 Å². The molecule has 0 bridgehead atoms. The summed E-state index contributed by atoms with van der Waals surface area (Å²) in [6.45, 7) is 0.118. The monoisotopic (exact) mass is 915 g/mol. The molecule has 2 aromatic rings. The van der Waals surface area contributed by atoms with E-state index in [2.05, 4.69) is 34.4 Å². The average Bonchev–Trinajstić information content (AvgIpc) is 3.66. The number of phosphoric acid groups is 3. The molecular formula is C25H41N7O20P4S. The van der Waals surface area contributed by atoms with Crippen molar-refractivity contribution >= 4 is 77.2 Å². The van der Waals surface area contributed by atoms with Gasteiger partial charge in [-0.2, -0.15) is 4.31 Å². The van der Waals surface area contributed by atoms with E-state index in [9.17, 15) is 72.4 Å². The number of nitrogen functional groups attached to an aromatic ring is 1. The number of amides is 2. The number of ether oxygens (including phenoxy) is 1. The minimum atomic E-state index is -5.60. The van der Waals surface area contributed by atoms with Crippen LogP contribution < -0.4 is 21.3 Å². The van der Waals surface area contributed by atoms with Crippen LogP contribution in [0.15, 0.2) is 12.7 Å². The highest BCUT2D eigenvalue weighted by molar-refractivity contribution is 8.13. The van der Waals surface area contributed by atoms with E-state index < -0.39 is 104 Å². The summed E-state index contributed by atoms with van der Waals surface area (Å²) in [6.07, 6.45) is -7.60. The van der Waals surface area contributed by atoms with Crippen LogP contribution in [-0.4, -0.2) is 134 Å². The number of aliphatic hydroxyl groups is 3. The van der Waals surface area contributed by atoms with Crippen molar-refractivity contribution in [3.05, 3.63) is 12.7 Å². The van der Waals surface area contributed by atoms with Gasteiger partial charge in [0.05, 0.1) is 19.5 Å². The fourth-order valence-electron chi connectivity index (χ4n) is 4.72.